The third kappa shape index (κ3) is 2.23. The summed E-state index contributed by atoms with van der Waals surface area (Å²) in [5, 5.41) is 3.58. The van der Waals surface area contributed by atoms with Crippen LogP contribution in [0, 0.1) is 0 Å². The molecule has 0 bridgehead atoms. The average Bonchev–Trinajstić information content (AvgIpc) is 2.69. The van der Waals surface area contributed by atoms with Gasteiger partial charge in [0.1, 0.15) is 0 Å². The van der Waals surface area contributed by atoms with Gasteiger partial charge in [-0.25, -0.2) is 4.98 Å². The fourth-order valence-electron chi connectivity index (χ4n) is 1.82. The zero-order valence-electron chi connectivity index (χ0n) is 8.59. The van der Waals surface area contributed by atoms with Gasteiger partial charge in [0.2, 0.25) is 0 Å². The molecule has 0 aliphatic heterocycles. The van der Waals surface area contributed by atoms with E-state index in [1.54, 1.807) is 6.33 Å². The predicted molar refractivity (Wildman–Crippen MR) is 56.8 cm³/mol. The molecule has 3 heteroatoms. The monoisotopic (exact) mass is 191 g/mol. The van der Waals surface area contributed by atoms with Gasteiger partial charge in [-0.2, -0.15) is 0 Å². The second kappa shape index (κ2) is 3.96. The number of rotatable bonds is 3. The first-order valence-electron chi connectivity index (χ1n) is 5.16. The van der Waals surface area contributed by atoms with E-state index in [1.165, 1.54) is 12.8 Å². The van der Waals surface area contributed by atoms with Crippen LogP contribution in [-0.4, -0.2) is 15.5 Å². The number of allylic oxidation sites excluding steroid dienone is 1. The lowest BCUT2D eigenvalue weighted by Crippen LogP contribution is -2.42. The van der Waals surface area contributed by atoms with Crippen molar-refractivity contribution in [2.24, 2.45) is 0 Å². The van der Waals surface area contributed by atoms with E-state index in [4.69, 9.17) is 0 Å². The van der Waals surface area contributed by atoms with E-state index in [0.717, 1.165) is 18.7 Å². The van der Waals surface area contributed by atoms with Gasteiger partial charge in [-0.05, 0) is 26.2 Å². The molecule has 0 radical (unpaired) electrons. The normalized spacial score (nSPS) is 26.6. The smallest absolute Gasteiger partial charge is 0.0922 e. The van der Waals surface area contributed by atoms with Crippen molar-refractivity contribution in [1.82, 2.24) is 15.3 Å². The average molecular weight is 191 g/mol. The van der Waals surface area contributed by atoms with Crippen molar-refractivity contribution in [3.8, 4) is 0 Å². The molecular formula is C11H17N3. The van der Waals surface area contributed by atoms with E-state index in [1.807, 2.05) is 6.20 Å². The van der Waals surface area contributed by atoms with Gasteiger partial charge in [-0.3, -0.25) is 0 Å². The van der Waals surface area contributed by atoms with Crippen LogP contribution in [0.4, 0.5) is 0 Å². The molecule has 0 saturated heterocycles. The van der Waals surface area contributed by atoms with Gasteiger partial charge >= 0.3 is 0 Å². The van der Waals surface area contributed by atoms with Crippen molar-refractivity contribution in [1.29, 1.82) is 0 Å². The molecule has 2 N–H and O–H groups in total. The Morgan fingerprint density at radius 2 is 2.50 bits per heavy atom. The number of aromatic nitrogens is 2. The summed E-state index contributed by atoms with van der Waals surface area (Å²) in [7, 11) is 0. The third-order valence-electron chi connectivity index (χ3n) is 2.86. The van der Waals surface area contributed by atoms with Crippen molar-refractivity contribution in [3.05, 3.63) is 30.4 Å². The molecule has 2 rings (SSSR count). The van der Waals surface area contributed by atoms with Crippen LogP contribution in [0.2, 0.25) is 0 Å². The number of hydrogen-bond acceptors (Lipinski definition) is 2. The Morgan fingerprint density at radius 1 is 1.57 bits per heavy atom. The highest BCUT2D eigenvalue weighted by atomic mass is 15.0. The van der Waals surface area contributed by atoms with Gasteiger partial charge < -0.3 is 10.3 Å². The Hall–Kier alpha value is -1.09. The predicted octanol–water partition coefficient (Wildman–Crippen LogP) is 2.00. The quantitative estimate of drug-likeness (QED) is 0.717. The molecule has 1 unspecified atom stereocenters. The van der Waals surface area contributed by atoms with Crippen molar-refractivity contribution < 1.29 is 0 Å². The van der Waals surface area contributed by atoms with Crippen LogP contribution in [-0.2, 0) is 6.54 Å². The number of hydrogen-bond donors (Lipinski definition) is 2. The number of nitrogens with zero attached hydrogens (tertiary/aromatic N) is 1. The summed E-state index contributed by atoms with van der Waals surface area (Å²) in [6.07, 6.45) is 11.7. The first-order chi connectivity index (χ1) is 6.79. The maximum atomic E-state index is 4.00. The van der Waals surface area contributed by atoms with E-state index in [9.17, 15) is 0 Å². The topological polar surface area (TPSA) is 40.7 Å². The van der Waals surface area contributed by atoms with Gasteiger partial charge in [0, 0.05) is 24.0 Å². The minimum absolute atomic E-state index is 0.264. The summed E-state index contributed by atoms with van der Waals surface area (Å²) in [6.45, 7) is 3.16. The van der Waals surface area contributed by atoms with Crippen LogP contribution >= 0.6 is 0 Å². The van der Waals surface area contributed by atoms with Gasteiger partial charge in [-0.1, -0.05) is 12.2 Å². The van der Waals surface area contributed by atoms with Crippen molar-refractivity contribution in [2.45, 2.75) is 38.3 Å². The van der Waals surface area contributed by atoms with Gasteiger partial charge in [0.05, 0.1) is 6.33 Å². The Balaban J connectivity index is 1.88. The molecule has 0 fully saturated rings. The Morgan fingerprint density at radius 3 is 3.14 bits per heavy atom. The Kier molecular flexibility index (Phi) is 2.68. The maximum Gasteiger partial charge on any atom is 0.0922 e. The second-order valence-corrected chi connectivity index (χ2v) is 4.21. The van der Waals surface area contributed by atoms with Crippen LogP contribution < -0.4 is 5.32 Å². The molecule has 3 nitrogen and oxygen atoms in total. The van der Waals surface area contributed by atoms with Crippen LogP contribution in [0.25, 0.3) is 0 Å². The van der Waals surface area contributed by atoms with E-state index < -0.39 is 0 Å². The lowest BCUT2D eigenvalue weighted by molar-refractivity contribution is 0.322. The molecular weight excluding hydrogens is 174 g/mol. The standard InChI is InChI=1S/C11H17N3/c1-11(5-3-2-4-6-11)14-8-10-7-12-9-13-10/h2-3,7,9,14H,4-6,8H2,1H3,(H,12,13). The lowest BCUT2D eigenvalue weighted by atomic mass is 9.87. The van der Waals surface area contributed by atoms with Crippen LogP contribution in [0.5, 0.6) is 0 Å². The van der Waals surface area contributed by atoms with Crippen LogP contribution in [0.3, 0.4) is 0 Å². The third-order valence-corrected chi connectivity index (χ3v) is 2.86. The molecule has 1 aliphatic rings. The highest BCUT2D eigenvalue weighted by Gasteiger charge is 2.23. The fourth-order valence-corrected chi connectivity index (χ4v) is 1.82. The van der Waals surface area contributed by atoms with Crippen molar-refractivity contribution >= 4 is 0 Å². The van der Waals surface area contributed by atoms with Crippen molar-refractivity contribution in [2.75, 3.05) is 0 Å². The molecule has 0 aromatic carbocycles. The minimum Gasteiger partial charge on any atom is -0.347 e. The molecule has 1 heterocycles. The first-order valence-corrected chi connectivity index (χ1v) is 5.16. The van der Waals surface area contributed by atoms with Gasteiger partial charge in [0.15, 0.2) is 0 Å². The highest BCUT2D eigenvalue weighted by Crippen LogP contribution is 2.22. The van der Waals surface area contributed by atoms with Gasteiger partial charge in [0.25, 0.3) is 0 Å². The second-order valence-electron chi connectivity index (χ2n) is 4.21. The number of imidazole rings is 1. The number of nitrogens with one attached hydrogen (secondary N) is 2. The molecule has 1 atom stereocenters. The van der Waals surface area contributed by atoms with Crippen LogP contribution in [0.15, 0.2) is 24.7 Å². The molecule has 14 heavy (non-hydrogen) atoms. The van der Waals surface area contributed by atoms with E-state index in [0.29, 0.717) is 0 Å². The zero-order chi connectivity index (χ0) is 9.86. The number of aromatic amines is 1. The summed E-state index contributed by atoms with van der Waals surface area (Å²) in [4.78, 5) is 7.10. The summed E-state index contributed by atoms with van der Waals surface area (Å²) < 4.78 is 0. The summed E-state index contributed by atoms with van der Waals surface area (Å²) in [5.74, 6) is 0. The summed E-state index contributed by atoms with van der Waals surface area (Å²) >= 11 is 0. The van der Waals surface area contributed by atoms with E-state index in [2.05, 4.69) is 34.4 Å². The zero-order valence-corrected chi connectivity index (χ0v) is 8.59. The number of H-pyrrole nitrogens is 1. The SMILES string of the molecule is CC1(NCc2cnc[nH]2)CC=CCC1. The molecule has 1 aromatic rings. The first kappa shape index (κ1) is 9.46. The van der Waals surface area contributed by atoms with Crippen LogP contribution in [0.1, 0.15) is 31.9 Å². The lowest BCUT2D eigenvalue weighted by Gasteiger charge is -2.31. The molecule has 0 saturated carbocycles. The molecule has 1 aliphatic carbocycles. The maximum absolute atomic E-state index is 4.00. The highest BCUT2D eigenvalue weighted by molar-refractivity contribution is 5.02. The molecule has 1 aromatic heterocycles. The summed E-state index contributed by atoms with van der Waals surface area (Å²) in [6, 6.07) is 0. The molecule has 0 amide bonds. The molecule has 0 spiro atoms. The minimum atomic E-state index is 0.264. The van der Waals surface area contributed by atoms with Gasteiger partial charge in [-0.15, -0.1) is 0 Å². The largest absolute Gasteiger partial charge is 0.347 e. The fraction of sp³-hybridized carbons (Fsp3) is 0.545. The van der Waals surface area contributed by atoms with Crippen molar-refractivity contribution in [3.63, 3.8) is 0 Å². The molecule has 76 valence electrons. The Labute approximate surface area is 84.6 Å². The van der Waals surface area contributed by atoms with E-state index >= 15 is 0 Å². The summed E-state index contributed by atoms with van der Waals surface area (Å²) in [5.41, 5.74) is 1.42. The van der Waals surface area contributed by atoms with E-state index in [-0.39, 0.29) is 5.54 Å². The Bertz CT molecular complexity index is 302.